The molecule has 1 saturated heterocycles. The predicted octanol–water partition coefficient (Wildman–Crippen LogP) is 3.99. The van der Waals surface area contributed by atoms with Crippen LogP contribution in [0.4, 0.5) is 9.52 Å². The maximum atomic E-state index is 14.1. The van der Waals surface area contributed by atoms with Crippen LogP contribution in [0.25, 0.3) is 10.2 Å². The SMILES string of the molecule is O=C(c1ccc2c(c1)OCO2)N(CC1CCCO1)c1nc2c(F)cccc2s1. The number of para-hydroxylation sites is 1. The van der Waals surface area contributed by atoms with Crippen molar-refractivity contribution in [1.82, 2.24) is 4.98 Å². The van der Waals surface area contributed by atoms with Gasteiger partial charge in [-0.3, -0.25) is 9.69 Å². The Hall–Kier alpha value is -2.71. The summed E-state index contributed by atoms with van der Waals surface area (Å²) in [6.07, 6.45) is 1.78. The second kappa shape index (κ2) is 7.03. The van der Waals surface area contributed by atoms with E-state index in [1.807, 2.05) is 0 Å². The fourth-order valence-electron chi connectivity index (χ4n) is 3.44. The highest BCUT2D eigenvalue weighted by atomic mass is 32.1. The van der Waals surface area contributed by atoms with E-state index in [1.165, 1.54) is 17.4 Å². The van der Waals surface area contributed by atoms with Crippen molar-refractivity contribution < 1.29 is 23.4 Å². The molecule has 2 aliphatic heterocycles. The molecule has 2 aliphatic rings. The molecular formula is C20H17FN2O4S. The Morgan fingerprint density at radius 3 is 2.96 bits per heavy atom. The van der Waals surface area contributed by atoms with E-state index in [4.69, 9.17) is 14.2 Å². The number of hydrogen-bond acceptors (Lipinski definition) is 6. The molecule has 0 saturated carbocycles. The number of carbonyl (C=O) groups excluding carboxylic acids is 1. The van der Waals surface area contributed by atoms with E-state index >= 15 is 0 Å². The molecule has 1 fully saturated rings. The third kappa shape index (κ3) is 3.08. The smallest absolute Gasteiger partial charge is 0.260 e. The third-order valence-corrected chi connectivity index (χ3v) is 5.91. The topological polar surface area (TPSA) is 60.9 Å². The van der Waals surface area contributed by atoms with Gasteiger partial charge in [-0.2, -0.15) is 0 Å². The molecule has 2 aromatic carbocycles. The monoisotopic (exact) mass is 400 g/mol. The first-order chi connectivity index (χ1) is 13.7. The van der Waals surface area contributed by atoms with Crippen LogP contribution in [0, 0.1) is 5.82 Å². The summed E-state index contributed by atoms with van der Waals surface area (Å²) < 4.78 is 31.3. The number of rotatable bonds is 4. The van der Waals surface area contributed by atoms with Crippen LogP contribution in [-0.4, -0.2) is 36.9 Å². The summed E-state index contributed by atoms with van der Waals surface area (Å²) in [5.74, 6) is 0.531. The van der Waals surface area contributed by atoms with Crippen molar-refractivity contribution >= 4 is 32.6 Å². The normalized spacial score (nSPS) is 18.0. The molecule has 28 heavy (non-hydrogen) atoms. The third-order valence-electron chi connectivity index (χ3n) is 4.86. The van der Waals surface area contributed by atoms with Crippen LogP contribution in [-0.2, 0) is 4.74 Å². The van der Waals surface area contributed by atoms with Crippen LogP contribution in [0.15, 0.2) is 36.4 Å². The summed E-state index contributed by atoms with van der Waals surface area (Å²) in [4.78, 5) is 19.3. The van der Waals surface area contributed by atoms with Gasteiger partial charge in [-0.05, 0) is 43.2 Å². The van der Waals surface area contributed by atoms with Gasteiger partial charge in [-0.15, -0.1) is 0 Å². The van der Waals surface area contributed by atoms with Crippen molar-refractivity contribution in [3.05, 3.63) is 47.8 Å². The van der Waals surface area contributed by atoms with E-state index in [2.05, 4.69) is 4.98 Å². The highest BCUT2D eigenvalue weighted by molar-refractivity contribution is 7.22. The molecule has 0 spiro atoms. The summed E-state index contributed by atoms with van der Waals surface area (Å²) >= 11 is 1.29. The van der Waals surface area contributed by atoms with Crippen LogP contribution in [0.2, 0.25) is 0 Å². The largest absolute Gasteiger partial charge is 0.454 e. The Morgan fingerprint density at radius 2 is 2.14 bits per heavy atom. The van der Waals surface area contributed by atoms with Gasteiger partial charge >= 0.3 is 0 Å². The maximum absolute atomic E-state index is 14.1. The Balaban J connectivity index is 1.53. The zero-order valence-corrected chi connectivity index (χ0v) is 15.7. The fraction of sp³-hybridized carbons (Fsp3) is 0.300. The summed E-state index contributed by atoms with van der Waals surface area (Å²) in [6.45, 7) is 1.20. The van der Waals surface area contributed by atoms with Crippen molar-refractivity contribution in [3.63, 3.8) is 0 Å². The molecule has 3 heterocycles. The number of thiazole rings is 1. The minimum atomic E-state index is -0.396. The first-order valence-corrected chi connectivity index (χ1v) is 9.89. The molecule has 3 aromatic rings. The molecule has 1 unspecified atom stereocenters. The van der Waals surface area contributed by atoms with E-state index < -0.39 is 5.82 Å². The number of halogens is 1. The average molecular weight is 400 g/mol. The van der Waals surface area contributed by atoms with Crippen LogP contribution in [0.1, 0.15) is 23.2 Å². The minimum absolute atomic E-state index is 0.0604. The Morgan fingerprint density at radius 1 is 1.25 bits per heavy atom. The number of amides is 1. The van der Waals surface area contributed by atoms with Crippen molar-refractivity contribution in [2.24, 2.45) is 0 Å². The van der Waals surface area contributed by atoms with Crippen molar-refractivity contribution in [2.75, 3.05) is 24.8 Å². The molecule has 0 bridgehead atoms. The summed E-state index contributed by atoms with van der Waals surface area (Å²) in [5.41, 5.74) is 0.736. The number of aromatic nitrogens is 1. The van der Waals surface area contributed by atoms with Gasteiger partial charge in [-0.1, -0.05) is 17.4 Å². The first kappa shape index (κ1) is 17.4. The number of ether oxygens (including phenoxy) is 3. The number of nitrogens with zero attached hydrogens (tertiary/aromatic N) is 2. The lowest BCUT2D eigenvalue weighted by Gasteiger charge is -2.23. The molecular weight excluding hydrogens is 383 g/mol. The highest BCUT2D eigenvalue weighted by Crippen LogP contribution is 2.35. The van der Waals surface area contributed by atoms with E-state index in [9.17, 15) is 9.18 Å². The summed E-state index contributed by atoms with van der Waals surface area (Å²) in [7, 11) is 0. The standard InChI is InChI=1S/C20H17FN2O4S/c21-14-4-1-5-17-18(14)22-20(28-17)23(10-13-3-2-8-25-13)19(24)12-6-7-15-16(9-12)27-11-26-15/h1,4-7,9,13H,2-3,8,10-11H2. The van der Waals surface area contributed by atoms with Crippen molar-refractivity contribution in [2.45, 2.75) is 18.9 Å². The number of anilines is 1. The molecule has 0 radical (unpaired) electrons. The van der Waals surface area contributed by atoms with E-state index in [1.54, 1.807) is 35.2 Å². The second-order valence-electron chi connectivity index (χ2n) is 6.70. The van der Waals surface area contributed by atoms with Gasteiger partial charge in [0, 0.05) is 12.2 Å². The van der Waals surface area contributed by atoms with Gasteiger partial charge in [-0.25, -0.2) is 9.37 Å². The number of carbonyl (C=O) groups is 1. The average Bonchev–Trinajstić information content (AvgIpc) is 3.45. The molecule has 1 amide bonds. The van der Waals surface area contributed by atoms with Crippen molar-refractivity contribution in [3.8, 4) is 11.5 Å². The molecule has 0 aliphatic carbocycles. The number of hydrogen-bond donors (Lipinski definition) is 0. The number of benzene rings is 2. The minimum Gasteiger partial charge on any atom is -0.454 e. The van der Waals surface area contributed by atoms with Gasteiger partial charge in [0.15, 0.2) is 16.6 Å². The summed E-state index contributed by atoms with van der Waals surface area (Å²) in [6, 6.07) is 9.90. The van der Waals surface area contributed by atoms with Crippen molar-refractivity contribution in [1.29, 1.82) is 0 Å². The van der Waals surface area contributed by atoms with Gasteiger partial charge < -0.3 is 14.2 Å². The Bertz CT molecular complexity index is 1050. The van der Waals surface area contributed by atoms with Gasteiger partial charge in [0.1, 0.15) is 11.3 Å². The zero-order chi connectivity index (χ0) is 19.1. The van der Waals surface area contributed by atoms with Crippen LogP contribution >= 0.6 is 11.3 Å². The lowest BCUT2D eigenvalue weighted by atomic mass is 10.1. The quantitative estimate of drug-likeness (QED) is 0.663. The Kier molecular flexibility index (Phi) is 4.37. The first-order valence-electron chi connectivity index (χ1n) is 9.07. The molecule has 6 nitrogen and oxygen atoms in total. The van der Waals surface area contributed by atoms with E-state index in [-0.39, 0.29) is 24.3 Å². The second-order valence-corrected chi connectivity index (χ2v) is 7.71. The Labute approximate surface area is 164 Å². The van der Waals surface area contributed by atoms with Gasteiger partial charge in [0.25, 0.3) is 5.91 Å². The lowest BCUT2D eigenvalue weighted by Crippen LogP contribution is -2.37. The van der Waals surface area contributed by atoms with Gasteiger partial charge in [0.05, 0.1) is 17.3 Å². The molecule has 5 rings (SSSR count). The van der Waals surface area contributed by atoms with E-state index in [0.717, 1.165) is 12.8 Å². The lowest BCUT2D eigenvalue weighted by molar-refractivity contribution is 0.0917. The number of fused-ring (bicyclic) bond motifs is 2. The fourth-order valence-corrected chi connectivity index (χ4v) is 4.43. The van der Waals surface area contributed by atoms with Gasteiger partial charge in [0.2, 0.25) is 6.79 Å². The highest BCUT2D eigenvalue weighted by Gasteiger charge is 2.28. The summed E-state index contributed by atoms with van der Waals surface area (Å²) in [5, 5.41) is 0.457. The van der Waals surface area contributed by atoms with Crippen LogP contribution in [0.3, 0.4) is 0 Å². The molecule has 144 valence electrons. The van der Waals surface area contributed by atoms with Crippen LogP contribution in [0.5, 0.6) is 11.5 Å². The molecule has 8 heteroatoms. The predicted molar refractivity (Wildman–Crippen MR) is 103 cm³/mol. The molecule has 1 atom stereocenters. The van der Waals surface area contributed by atoms with E-state index in [0.29, 0.717) is 40.0 Å². The molecule has 0 N–H and O–H groups in total. The maximum Gasteiger partial charge on any atom is 0.260 e. The van der Waals surface area contributed by atoms with Crippen LogP contribution < -0.4 is 14.4 Å². The molecule has 1 aromatic heterocycles. The zero-order valence-electron chi connectivity index (χ0n) is 14.9.